The Morgan fingerprint density at radius 2 is 1.41 bits per heavy atom. The van der Waals surface area contributed by atoms with E-state index in [1.807, 2.05) is 0 Å². The van der Waals surface area contributed by atoms with Gasteiger partial charge in [-0.15, -0.1) is 0 Å². The number of fused-ring (bicyclic) bond motifs is 5. The van der Waals surface area contributed by atoms with Crippen molar-refractivity contribution in [3.8, 4) is 0 Å². The number of ether oxygens (including phenoxy) is 5. The minimum absolute atomic E-state index is 0.0397. The zero-order valence-electron chi connectivity index (χ0n) is 38.7. The lowest BCUT2D eigenvalue weighted by Crippen LogP contribution is -2.81. The first-order chi connectivity index (χ1) is 30.9. The van der Waals surface area contributed by atoms with Crippen LogP contribution in [0.15, 0.2) is 102 Å². The van der Waals surface area contributed by atoms with Gasteiger partial charge in [0.15, 0.2) is 11.4 Å². The summed E-state index contributed by atoms with van der Waals surface area (Å²) in [4.78, 5) is 87.0. The zero-order valence-corrected chi connectivity index (χ0v) is 38.7. The molecule has 352 valence electrons. The molecule has 15 nitrogen and oxygen atoms in total. The maximum absolute atomic E-state index is 15.2. The van der Waals surface area contributed by atoms with E-state index in [0.717, 1.165) is 11.8 Å². The highest BCUT2D eigenvalue weighted by Gasteiger charge is 2.78. The van der Waals surface area contributed by atoms with Crippen molar-refractivity contribution >= 4 is 35.7 Å². The molecule has 0 spiro atoms. The number of aliphatic hydroxyl groups is 3. The third kappa shape index (κ3) is 8.03. The molecule has 66 heavy (non-hydrogen) atoms. The fourth-order valence-corrected chi connectivity index (χ4v) is 10.8. The second kappa shape index (κ2) is 17.5. The van der Waals surface area contributed by atoms with Gasteiger partial charge in [-0.3, -0.25) is 19.2 Å². The van der Waals surface area contributed by atoms with Crippen LogP contribution in [0.5, 0.6) is 0 Å². The molecule has 1 saturated heterocycles. The van der Waals surface area contributed by atoms with Gasteiger partial charge in [-0.25, -0.2) is 14.5 Å². The van der Waals surface area contributed by atoms with Gasteiger partial charge in [-0.1, -0.05) is 80.6 Å². The number of hydrogen-bond donors (Lipinski definition) is 3. The summed E-state index contributed by atoms with van der Waals surface area (Å²) in [5.41, 5.74) is -8.05. The SMILES string of the molecule is CC(=O)OC12CO[C@@H]1C[C@H](O)[C@@]1(C)C(=O)[C@H](O)C3=C(C)[C@H](OC(=O)[C@@H](C)[C@H](c4ccccc4)N(C(=O)OC(C)(C)C)C(=O)c4ccccc4)C[C@@](O)([C@H](OC(=O)c4ccccc4)C21)C3(C)C. The number of nitrogens with zero attached hydrogens (tertiary/aromatic N) is 1. The standard InChI is InChI=1S/C51H59NO14/c1-28-34(63-44(58)29(2)38(31-19-13-10-14-20-31)52(46(60)66-47(4,5)6)43(57)32-21-15-11-16-22-32)26-51(61)42(64-45(59)33-23-17-12-18-24-33)40-49(9,41(56)39(55)37(28)48(51,7)8)35(54)25-36-50(40,27-62-36)65-30(3)53/h10-24,29,34-36,38-40,42,54-55,61H,25-27H2,1-9H3/t29-,34+,35-,36+,38+,39+,40?,42+,49+,50?,51+/m0/s1. The molecule has 7 rings (SSSR count). The Morgan fingerprint density at radius 3 is 1.94 bits per heavy atom. The van der Waals surface area contributed by atoms with Crippen LogP contribution in [0.1, 0.15) is 107 Å². The number of carbonyl (C=O) groups is 6. The lowest BCUT2D eigenvalue weighted by molar-refractivity contribution is -0.346. The minimum Gasteiger partial charge on any atom is -0.457 e. The summed E-state index contributed by atoms with van der Waals surface area (Å²) in [6.45, 7) is 13.4. The maximum atomic E-state index is 15.2. The fourth-order valence-electron chi connectivity index (χ4n) is 10.8. The summed E-state index contributed by atoms with van der Waals surface area (Å²) in [5.74, 6) is -7.14. The number of Topliss-reactive ketones (excluding diaryl/α,β-unsaturated/α-hetero) is 1. The average Bonchev–Trinajstić information content (AvgIpc) is 3.26. The molecule has 0 aromatic heterocycles. The normalized spacial score (nSPS) is 30.9. The third-order valence-electron chi connectivity index (χ3n) is 14.3. The third-order valence-corrected chi connectivity index (χ3v) is 14.3. The van der Waals surface area contributed by atoms with Crippen molar-refractivity contribution in [1.82, 2.24) is 4.90 Å². The summed E-state index contributed by atoms with van der Waals surface area (Å²) in [6.07, 6.45) is -9.51. The molecule has 3 fully saturated rings. The number of hydrogen-bond acceptors (Lipinski definition) is 14. The van der Waals surface area contributed by atoms with Gasteiger partial charge in [0.25, 0.3) is 5.91 Å². The molecular weight excluding hydrogens is 851 g/mol. The highest BCUT2D eigenvalue weighted by atomic mass is 16.6. The molecule has 2 amide bonds. The number of aliphatic hydroxyl groups excluding tert-OH is 2. The van der Waals surface area contributed by atoms with Crippen molar-refractivity contribution in [2.75, 3.05) is 6.61 Å². The molecule has 2 unspecified atom stereocenters. The molecule has 1 aliphatic heterocycles. The second-order valence-corrected chi connectivity index (χ2v) is 19.8. The topological polar surface area (TPSA) is 212 Å². The average molecular weight is 910 g/mol. The van der Waals surface area contributed by atoms with E-state index in [1.165, 1.54) is 38.1 Å². The van der Waals surface area contributed by atoms with Crippen LogP contribution in [0.3, 0.4) is 0 Å². The molecule has 4 aliphatic rings. The molecule has 3 aromatic rings. The monoisotopic (exact) mass is 909 g/mol. The number of esters is 3. The summed E-state index contributed by atoms with van der Waals surface area (Å²) in [7, 11) is 0. The van der Waals surface area contributed by atoms with Crippen LogP contribution in [-0.2, 0) is 38.1 Å². The van der Waals surface area contributed by atoms with Crippen molar-refractivity contribution in [3.05, 3.63) is 119 Å². The van der Waals surface area contributed by atoms with Crippen molar-refractivity contribution in [2.24, 2.45) is 22.7 Å². The van der Waals surface area contributed by atoms with Gasteiger partial charge in [0.05, 0.1) is 41.6 Å². The Hall–Kier alpha value is -5.74. The van der Waals surface area contributed by atoms with Crippen LogP contribution in [0.25, 0.3) is 0 Å². The summed E-state index contributed by atoms with van der Waals surface area (Å²) < 4.78 is 30.5. The first-order valence-electron chi connectivity index (χ1n) is 22.2. The van der Waals surface area contributed by atoms with Gasteiger partial charge in [0, 0.05) is 30.7 Å². The van der Waals surface area contributed by atoms with Gasteiger partial charge in [0.2, 0.25) is 0 Å². The van der Waals surface area contributed by atoms with Crippen molar-refractivity contribution in [1.29, 1.82) is 0 Å². The Balaban J connectivity index is 1.37. The van der Waals surface area contributed by atoms with Gasteiger partial charge >= 0.3 is 24.0 Å². The van der Waals surface area contributed by atoms with E-state index in [0.29, 0.717) is 5.56 Å². The smallest absolute Gasteiger partial charge is 0.417 e. The summed E-state index contributed by atoms with van der Waals surface area (Å²) >= 11 is 0. The number of amides is 2. The van der Waals surface area contributed by atoms with E-state index in [-0.39, 0.29) is 35.3 Å². The maximum Gasteiger partial charge on any atom is 0.417 e. The first-order valence-corrected chi connectivity index (χ1v) is 22.2. The molecule has 3 aromatic carbocycles. The van der Waals surface area contributed by atoms with E-state index in [9.17, 15) is 39.3 Å². The van der Waals surface area contributed by atoms with Crippen molar-refractivity contribution < 1.29 is 67.8 Å². The minimum atomic E-state index is -2.36. The van der Waals surface area contributed by atoms with Crippen molar-refractivity contribution in [3.63, 3.8) is 0 Å². The van der Waals surface area contributed by atoms with E-state index in [1.54, 1.807) is 108 Å². The molecule has 2 bridgehead atoms. The number of rotatable bonds is 9. The largest absolute Gasteiger partial charge is 0.457 e. The van der Waals surface area contributed by atoms with E-state index in [2.05, 4.69) is 0 Å². The predicted molar refractivity (Wildman–Crippen MR) is 236 cm³/mol. The summed E-state index contributed by atoms with van der Waals surface area (Å²) in [6, 6.07) is 23.0. The molecule has 1 heterocycles. The van der Waals surface area contributed by atoms with Crippen LogP contribution < -0.4 is 0 Å². The van der Waals surface area contributed by atoms with Gasteiger partial charge in [-0.05, 0) is 82.5 Å². The van der Waals surface area contributed by atoms with Crippen molar-refractivity contribution in [2.45, 2.75) is 129 Å². The number of carbonyl (C=O) groups excluding carboxylic acids is 6. The highest BCUT2D eigenvalue weighted by molar-refractivity contribution is 6.03. The predicted octanol–water partition coefficient (Wildman–Crippen LogP) is 6.09. The van der Waals surface area contributed by atoms with E-state index in [4.69, 9.17) is 23.7 Å². The molecule has 3 N–H and O–H groups in total. The number of imide groups is 1. The fraction of sp³-hybridized carbons (Fsp3) is 0.490. The Labute approximate surface area is 384 Å². The Bertz CT molecular complexity index is 2410. The van der Waals surface area contributed by atoms with Crippen LogP contribution >= 0.6 is 0 Å². The Morgan fingerprint density at radius 1 is 0.848 bits per heavy atom. The van der Waals surface area contributed by atoms with Crippen LogP contribution in [0.2, 0.25) is 0 Å². The highest BCUT2D eigenvalue weighted by Crippen LogP contribution is 2.64. The zero-order chi connectivity index (χ0) is 48.3. The van der Waals surface area contributed by atoms with E-state index >= 15 is 4.79 Å². The Kier molecular flexibility index (Phi) is 12.8. The lowest BCUT2D eigenvalue weighted by atomic mass is 9.44. The van der Waals surface area contributed by atoms with Crippen LogP contribution in [-0.4, -0.2) is 110 Å². The molecule has 15 heteroatoms. The molecule has 3 aliphatic carbocycles. The van der Waals surface area contributed by atoms with Crippen LogP contribution in [0, 0.1) is 22.7 Å². The molecule has 0 radical (unpaired) electrons. The van der Waals surface area contributed by atoms with E-state index < -0.39 is 118 Å². The number of benzene rings is 3. The first kappa shape index (κ1) is 48.2. The van der Waals surface area contributed by atoms with Gasteiger partial charge in [0.1, 0.15) is 35.6 Å². The molecule has 2 saturated carbocycles. The molecule has 11 atom stereocenters. The quantitative estimate of drug-likeness (QED) is 0.126. The summed E-state index contributed by atoms with van der Waals surface area (Å²) in [5, 5.41) is 38.1. The number of ketones is 1. The lowest BCUT2D eigenvalue weighted by Gasteiger charge is -2.67. The van der Waals surface area contributed by atoms with Gasteiger partial charge < -0.3 is 39.0 Å². The van der Waals surface area contributed by atoms with Crippen LogP contribution in [0.4, 0.5) is 4.79 Å². The van der Waals surface area contributed by atoms with Gasteiger partial charge in [-0.2, -0.15) is 0 Å². The molecular formula is C51H59NO14. The second-order valence-electron chi connectivity index (χ2n) is 19.8.